The Labute approximate surface area is 268 Å². The van der Waals surface area contributed by atoms with E-state index in [4.69, 9.17) is 14.2 Å². The lowest BCUT2D eigenvalue weighted by Crippen LogP contribution is -2.43. The first-order valence-corrected chi connectivity index (χ1v) is 16.3. The number of rotatable bonds is 10. The van der Waals surface area contributed by atoms with Crippen molar-refractivity contribution in [1.29, 1.82) is 0 Å². The molecule has 0 saturated carbocycles. The van der Waals surface area contributed by atoms with E-state index in [0.717, 1.165) is 80.1 Å². The van der Waals surface area contributed by atoms with Crippen molar-refractivity contribution in [3.05, 3.63) is 124 Å². The molecule has 2 aliphatic rings. The number of hydrogen-bond donors (Lipinski definition) is 0. The Morgan fingerprint density at radius 1 is 0.711 bits per heavy atom. The molecule has 1 fully saturated rings. The van der Waals surface area contributed by atoms with E-state index in [1.165, 1.54) is 27.8 Å². The normalized spacial score (nSPS) is 15.5. The lowest BCUT2D eigenvalue weighted by atomic mass is 9.90. The molecule has 1 atom stereocenters. The summed E-state index contributed by atoms with van der Waals surface area (Å²) < 4.78 is 17.0. The van der Waals surface area contributed by atoms with Crippen LogP contribution in [-0.2, 0) is 15.9 Å². The minimum atomic E-state index is 0.217. The second-order valence-electron chi connectivity index (χ2n) is 12.7. The maximum atomic E-state index is 5.92. The summed E-state index contributed by atoms with van der Waals surface area (Å²) in [6.07, 6.45) is 4.24. The molecule has 0 N–H and O–H groups in total. The molecule has 0 amide bonds. The molecule has 1 heterocycles. The fourth-order valence-electron chi connectivity index (χ4n) is 5.97. The average molecular weight is 595 g/mol. The molecule has 0 bridgehead atoms. The fraction of sp³-hybridized carbons (Fsp3) is 0.333. The SMILES string of the molecule is CCCc1ccc(C#Cc2ccc3c(c2)C(C)c2cc(C#Cc4ccc(OCCCCOCC5(C)COC5)cc4)ccc2-3)cc1. The summed E-state index contributed by atoms with van der Waals surface area (Å²) in [6.45, 7) is 10.6. The van der Waals surface area contributed by atoms with Crippen molar-refractivity contribution in [2.45, 2.75) is 52.4 Å². The van der Waals surface area contributed by atoms with Crippen LogP contribution in [0.25, 0.3) is 11.1 Å². The molecule has 0 spiro atoms. The van der Waals surface area contributed by atoms with Crippen LogP contribution in [0, 0.1) is 29.1 Å². The van der Waals surface area contributed by atoms with E-state index < -0.39 is 0 Å². The first-order chi connectivity index (χ1) is 22.0. The third kappa shape index (κ3) is 7.69. The standard InChI is InChI=1S/C42H42O3/c1-4-7-32-8-10-33(11-9-32)12-14-35-18-22-38-39-23-19-36(27-41(39)31(2)40(38)26-35)15-13-34-16-20-37(21-17-34)45-25-6-5-24-43-28-42(3)29-44-30-42/h8-11,16-23,26-27,31H,4-7,24-25,28-30H2,1-3H3. The summed E-state index contributed by atoms with van der Waals surface area (Å²) in [6, 6.07) is 29.9. The van der Waals surface area contributed by atoms with Gasteiger partial charge in [-0.3, -0.25) is 0 Å². The van der Waals surface area contributed by atoms with Crippen molar-refractivity contribution in [3.8, 4) is 40.6 Å². The number of ether oxygens (including phenoxy) is 3. The van der Waals surface area contributed by atoms with Gasteiger partial charge < -0.3 is 14.2 Å². The smallest absolute Gasteiger partial charge is 0.119 e. The van der Waals surface area contributed by atoms with Gasteiger partial charge in [0.2, 0.25) is 0 Å². The van der Waals surface area contributed by atoms with Gasteiger partial charge in [-0.1, -0.05) is 75.1 Å². The minimum Gasteiger partial charge on any atom is -0.494 e. The molecule has 3 heteroatoms. The van der Waals surface area contributed by atoms with E-state index >= 15 is 0 Å². The number of aryl methyl sites for hydroxylation is 1. The summed E-state index contributed by atoms with van der Waals surface area (Å²) in [5.74, 6) is 14.6. The second kappa shape index (κ2) is 14.2. The highest BCUT2D eigenvalue weighted by atomic mass is 16.5. The number of benzene rings is 4. The predicted molar refractivity (Wildman–Crippen MR) is 183 cm³/mol. The predicted octanol–water partition coefficient (Wildman–Crippen LogP) is 8.78. The summed E-state index contributed by atoms with van der Waals surface area (Å²) in [5.41, 5.74) is 11.0. The fourth-order valence-corrected chi connectivity index (χ4v) is 5.97. The Bertz CT molecular complexity index is 1740. The van der Waals surface area contributed by atoms with Crippen molar-refractivity contribution in [1.82, 2.24) is 0 Å². The number of fused-ring (bicyclic) bond motifs is 3. The van der Waals surface area contributed by atoms with Crippen LogP contribution < -0.4 is 4.74 Å². The third-order valence-electron chi connectivity index (χ3n) is 8.68. The van der Waals surface area contributed by atoms with E-state index in [1.54, 1.807) is 0 Å². The quantitative estimate of drug-likeness (QED) is 0.136. The van der Waals surface area contributed by atoms with Crippen LogP contribution in [0.1, 0.15) is 84.9 Å². The number of hydrogen-bond acceptors (Lipinski definition) is 3. The molecule has 4 aromatic carbocycles. The van der Waals surface area contributed by atoms with Crippen molar-refractivity contribution in [2.24, 2.45) is 5.41 Å². The second-order valence-corrected chi connectivity index (χ2v) is 12.7. The van der Waals surface area contributed by atoms with Crippen LogP contribution in [0.3, 0.4) is 0 Å². The largest absolute Gasteiger partial charge is 0.494 e. The molecule has 0 radical (unpaired) electrons. The highest BCUT2D eigenvalue weighted by Gasteiger charge is 2.33. The van der Waals surface area contributed by atoms with E-state index in [2.05, 4.69) is 105 Å². The molecule has 45 heavy (non-hydrogen) atoms. The highest BCUT2D eigenvalue weighted by Crippen LogP contribution is 2.45. The van der Waals surface area contributed by atoms with E-state index in [1.807, 2.05) is 24.3 Å². The Balaban J connectivity index is 1.02. The van der Waals surface area contributed by atoms with Crippen molar-refractivity contribution < 1.29 is 14.2 Å². The molecular formula is C42H42O3. The summed E-state index contributed by atoms with van der Waals surface area (Å²) in [4.78, 5) is 0. The average Bonchev–Trinajstić information content (AvgIpc) is 3.33. The molecule has 0 aromatic heterocycles. The van der Waals surface area contributed by atoms with Gasteiger partial charge in [0.05, 0.1) is 26.4 Å². The van der Waals surface area contributed by atoms with Gasteiger partial charge in [-0.05, 0) is 108 Å². The first-order valence-electron chi connectivity index (χ1n) is 16.3. The van der Waals surface area contributed by atoms with Crippen LogP contribution in [0.2, 0.25) is 0 Å². The van der Waals surface area contributed by atoms with Gasteiger partial charge in [0, 0.05) is 40.2 Å². The Morgan fingerprint density at radius 3 is 1.80 bits per heavy atom. The van der Waals surface area contributed by atoms with Crippen molar-refractivity contribution in [3.63, 3.8) is 0 Å². The molecule has 1 saturated heterocycles. The molecule has 4 aromatic rings. The molecule has 1 aliphatic carbocycles. The topological polar surface area (TPSA) is 27.7 Å². The van der Waals surface area contributed by atoms with Crippen molar-refractivity contribution >= 4 is 0 Å². The lowest BCUT2D eigenvalue weighted by Gasteiger charge is -2.37. The molecule has 1 aliphatic heterocycles. The van der Waals surface area contributed by atoms with Gasteiger partial charge in [0.1, 0.15) is 5.75 Å². The van der Waals surface area contributed by atoms with Crippen LogP contribution in [0.4, 0.5) is 0 Å². The summed E-state index contributed by atoms with van der Waals surface area (Å²) in [5, 5.41) is 0. The molecule has 6 rings (SSSR count). The summed E-state index contributed by atoms with van der Waals surface area (Å²) >= 11 is 0. The Hall–Kier alpha value is -4.28. The zero-order valence-corrected chi connectivity index (χ0v) is 26.7. The van der Waals surface area contributed by atoms with Gasteiger partial charge in [-0.2, -0.15) is 0 Å². The van der Waals surface area contributed by atoms with Crippen LogP contribution in [-0.4, -0.2) is 33.0 Å². The molecule has 228 valence electrons. The van der Waals surface area contributed by atoms with Crippen LogP contribution in [0.5, 0.6) is 5.75 Å². The summed E-state index contributed by atoms with van der Waals surface area (Å²) in [7, 11) is 0. The number of unbranched alkanes of at least 4 members (excludes halogenated alkanes) is 1. The van der Waals surface area contributed by atoms with Gasteiger partial charge in [0.15, 0.2) is 0 Å². The Kier molecular flexibility index (Phi) is 9.71. The maximum absolute atomic E-state index is 5.92. The van der Waals surface area contributed by atoms with Gasteiger partial charge >= 0.3 is 0 Å². The lowest BCUT2D eigenvalue weighted by molar-refractivity contribution is -0.138. The van der Waals surface area contributed by atoms with Gasteiger partial charge in [0.25, 0.3) is 0 Å². The highest BCUT2D eigenvalue weighted by molar-refractivity contribution is 5.80. The third-order valence-corrected chi connectivity index (χ3v) is 8.68. The minimum absolute atomic E-state index is 0.217. The van der Waals surface area contributed by atoms with E-state index in [9.17, 15) is 0 Å². The van der Waals surface area contributed by atoms with Crippen molar-refractivity contribution in [2.75, 3.05) is 33.0 Å². The molecular weight excluding hydrogens is 552 g/mol. The molecule has 1 unspecified atom stereocenters. The maximum Gasteiger partial charge on any atom is 0.119 e. The zero-order chi connectivity index (χ0) is 31.1. The Morgan fingerprint density at radius 2 is 1.24 bits per heavy atom. The first kappa shape index (κ1) is 30.7. The van der Waals surface area contributed by atoms with Gasteiger partial charge in [-0.25, -0.2) is 0 Å². The zero-order valence-electron chi connectivity index (χ0n) is 26.7. The molecule has 3 nitrogen and oxygen atoms in total. The van der Waals surface area contributed by atoms with Crippen LogP contribution >= 0.6 is 0 Å². The van der Waals surface area contributed by atoms with E-state index in [-0.39, 0.29) is 5.41 Å². The van der Waals surface area contributed by atoms with E-state index in [0.29, 0.717) is 12.5 Å². The van der Waals surface area contributed by atoms with Crippen LogP contribution in [0.15, 0.2) is 84.9 Å². The van der Waals surface area contributed by atoms with Gasteiger partial charge in [-0.15, -0.1) is 0 Å². The monoisotopic (exact) mass is 594 g/mol.